The Kier molecular flexibility index (Phi) is 6.63. The molecular formula is C24H25BN6O2S. The van der Waals surface area contributed by atoms with E-state index in [1.807, 2.05) is 35.1 Å². The van der Waals surface area contributed by atoms with Gasteiger partial charge in [0.1, 0.15) is 11.1 Å². The number of nitrogens with zero attached hydrogens (tertiary/aromatic N) is 4. The van der Waals surface area contributed by atoms with Gasteiger partial charge in [0.05, 0.1) is 13.7 Å². The van der Waals surface area contributed by atoms with E-state index in [4.69, 9.17) is 14.5 Å². The molecule has 1 fully saturated rings. The molecule has 0 bridgehead atoms. The molecule has 3 heterocycles. The summed E-state index contributed by atoms with van der Waals surface area (Å²) in [6, 6.07) is 14.6. The van der Waals surface area contributed by atoms with Crippen LogP contribution in [0.1, 0.15) is 18.4 Å². The van der Waals surface area contributed by atoms with Gasteiger partial charge in [-0.15, -0.1) is 0 Å². The molecule has 0 aliphatic carbocycles. The van der Waals surface area contributed by atoms with E-state index in [1.165, 1.54) is 11.9 Å². The number of anilines is 2. The molecule has 0 radical (unpaired) electrons. The molecule has 2 aromatic carbocycles. The number of ether oxygens (including phenoxy) is 1. The maximum absolute atomic E-state index is 9.10. The summed E-state index contributed by atoms with van der Waals surface area (Å²) in [7, 11) is 1.65. The Hall–Kier alpha value is -3.58. The third-order valence-corrected chi connectivity index (χ3v) is 6.89. The lowest BCUT2D eigenvalue weighted by molar-refractivity contribution is 0.418. The molecular weight excluding hydrogens is 447 g/mol. The highest BCUT2D eigenvalue weighted by molar-refractivity contribution is 8.00. The van der Waals surface area contributed by atoms with Crippen LogP contribution in [0.5, 0.6) is 5.75 Å². The van der Waals surface area contributed by atoms with Crippen molar-refractivity contribution in [2.75, 3.05) is 17.1 Å². The molecule has 34 heavy (non-hydrogen) atoms. The quantitative estimate of drug-likeness (QED) is 0.262. The number of rotatable bonds is 8. The largest absolute Gasteiger partial charge is 0.496 e. The first-order valence-corrected chi connectivity index (χ1v) is 12.2. The van der Waals surface area contributed by atoms with Crippen molar-refractivity contribution in [3.05, 3.63) is 60.4 Å². The molecule has 0 spiro atoms. The molecule has 2 aromatic heterocycles. The van der Waals surface area contributed by atoms with Crippen LogP contribution < -0.4 is 14.8 Å². The van der Waals surface area contributed by atoms with Gasteiger partial charge in [-0.2, -0.15) is 5.10 Å². The van der Waals surface area contributed by atoms with E-state index in [-0.39, 0.29) is 6.71 Å². The molecule has 5 rings (SSSR count). The Bertz CT molecular complexity index is 1290. The molecule has 1 saturated heterocycles. The summed E-state index contributed by atoms with van der Waals surface area (Å²) >= 11 is 1.48. The fourth-order valence-corrected chi connectivity index (χ4v) is 5.04. The van der Waals surface area contributed by atoms with Gasteiger partial charge in [-0.05, 0) is 66.8 Å². The SMILES string of the molecule is COc1cc(Cn2cccn2)cc2onc(NSc3cccc(NC4CCB(C#N)CC4)c3)c12. The highest BCUT2D eigenvalue weighted by atomic mass is 32.2. The molecule has 0 atom stereocenters. The number of fused-ring (bicyclic) bond motifs is 1. The van der Waals surface area contributed by atoms with Crippen LogP contribution >= 0.6 is 11.9 Å². The standard InChI is InChI=1S/C24H25BN6O2S/c1-32-21-12-17(15-31-11-3-10-27-31)13-22-23(21)24(29-33-22)30-34-20-5-2-4-19(14-20)28-18-6-8-25(16-26)9-7-18/h2-5,10-14,18,28H,6-9,15H2,1H3,(H,29,30). The van der Waals surface area contributed by atoms with Crippen molar-refractivity contribution in [2.24, 2.45) is 0 Å². The van der Waals surface area contributed by atoms with Gasteiger partial charge in [0.25, 0.3) is 6.71 Å². The van der Waals surface area contributed by atoms with Crippen LogP contribution in [0, 0.1) is 11.2 Å². The van der Waals surface area contributed by atoms with Crippen LogP contribution in [0.3, 0.4) is 0 Å². The minimum absolute atomic E-state index is 0.208. The van der Waals surface area contributed by atoms with Gasteiger partial charge in [-0.25, -0.2) is 5.26 Å². The lowest BCUT2D eigenvalue weighted by Gasteiger charge is -2.25. The summed E-state index contributed by atoms with van der Waals surface area (Å²) in [5.41, 5.74) is 2.76. The summed E-state index contributed by atoms with van der Waals surface area (Å²) in [4.78, 5) is 1.06. The molecule has 2 N–H and O–H groups in total. The predicted octanol–water partition coefficient (Wildman–Crippen LogP) is 5.33. The zero-order valence-electron chi connectivity index (χ0n) is 18.9. The number of aromatic nitrogens is 3. The van der Waals surface area contributed by atoms with Crippen molar-refractivity contribution < 1.29 is 9.26 Å². The Morgan fingerprint density at radius 3 is 2.91 bits per heavy atom. The fourth-order valence-electron chi connectivity index (χ4n) is 4.35. The lowest BCUT2D eigenvalue weighted by atomic mass is 9.42. The average molecular weight is 472 g/mol. The van der Waals surface area contributed by atoms with Crippen molar-refractivity contribution in [3.8, 4) is 11.7 Å². The molecule has 0 amide bonds. The lowest BCUT2D eigenvalue weighted by Crippen LogP contribution is -2.29. The summed E-state index contributed by atoms with van der Waals surface area (Å²) in [5, 5.41) is 22.0. The topological polar surface area (TPSA) is 101 Å². The van der Waals surface area contributed by atoms with Gasteiger partial charge in [-0.1, -0.05) is 23.9 Å². The highest BCUT2D eigenvalue weighted by Crippen LogP contribution is 2.36. The van der Waals surface area contributed by atoms with E-state index in [0.717, 1.165) is 47.0 Å². The summed E-state index contributed by atoms with van der Waals surface area (Å²) in [6.07, 6.45) is 7.67. The van der Waals surface area contributed by atoms with Crippen LogP contribution in [0.25, 0.3) is 11.0 Å². The van der Waals surface area contributed by atoms with E-state index in [2.05, 4.69) is 44.5 Å². The Morgan fingerprint density at radius 1 is 1.26 bits per heavy atom. The zero-order valence-corrected chi connectivity index (χ0v) is 19.7. The van der Waals surface area contributed by atoms with Gasteiger partial charge in [-0.3, -0.25) is 4.68 Å². The molecule has 8 nitrogen and oxygen atoms in total. The number of benzene rings is 2. The van der Waals surface area contributed by atoms with Gasteiger partial charge in [0.15, 0.2) is 11.4 Å². The van der Waals surface area contributed by atoms with Crippen LogP contribution in [-0.2, 0) is 6.54 Å². The van der Waals surface area contributed by atoms with E-state index < -0.39 is 0 Å². The van der Waals surface area contributed by atoms with Crippen LogP contribution in [0.15, 0.2) is 64.3 Å². The van der Waals surface area contributed by atoms with Crippen molar-refractivity contribution in [1.29, 1.82) is 5.26 Å². The van der Waals surface area contributed by atoms with Crippen LogP contribution in [0.2, 0.25) is 12.6 Å². The second kappa shape index (κ2) is 10.1. The third kappa shape index (κ3) is 4.99. The summed E-state index contributed by atoms with van der Waals surface area (Å²) in [6.45, 7) is 0.829. The first kappa shape index (κ1) is 22.2. The molecule has 0 unspecified atom stereocenters. The minimum Gasteiger partial charge on any atom is -0.496 e. The van der Waals surface area contributed by atoms with Crippen molar-refractivity contribution >= 4 is 41.1 Å². The maximum Gasteiger partial charge on any atom is 0.268 e. The zero-order chi connectivity index (χ0) is 23.3. The molecule has 172 valence electrons. The fraction of sp³-hybridized carbons (Fsp3) is 0.292. The second-order valence-corrected chi connectivity index (χ2v) is 9.34. The third-order valence-electron chi connectivity index (χ3n) is 6.10. The highest BCUT2D eigenvalue weighted by Gasteiger charge is 2.24. The van der Waals surface area contributed by atoms with E-state index in [9.17, 15) is 0 Å². The van der Waals surface area contributed by atoms with E-state index in [1.54, 1.807) is 13.3 Å². The van der Waals surface area contributed by atoms with Crippen molar-refractivity contribution in [2.45, 2.75) is 43.0 Å². The normalized spacial score (nSPS) is 14.2. The van der Waals surface area contributed by atoms with Crippen molar-refractivity contribution in [1.82, 2.24) is 14.9 Å². The molecule has 1 aliphatic heterocycles. The Morgan fingerprint density at radius 2 is 2.15 bits per heavy atom. The summed E-state index contributed by atoms with van der Waals surface area (Å²) in [5.74, 6) is 3.72. The number of hydrogen-bond donors (Lipinski definition) is 2. The number of nitriles is 1. The first-order valence-electron chi connectivity index (χ1n) is 11.3. The molecule has 0 saturated carbocycles. The smallest absolute Gasteiger partial charge is 0.268 e. The van der Waals surface area contributed by atoms with E-state index >= 15 is 0 Å². The average Bonchev–Trinajstić information content (AvgIpc) is 3.53. The van der Waals surface area contributed by atoms with Gasteiger partial charge in [0, 0.05) is 35.0 Å². The molecule has 10 heteroatoms. The Balaban J connectivity index is 1.27. The number of methoxy groups -OCH3 is 1. The van der Waals surface area contributed by atoms with Gasteiger partial charge >= 0.3 is 0 Å². The first-order chi connectivity index (χ1) is 16.7. The van der Waals surface area contributed by atoms with Gasteiger partial charge in [0.2, 0.25) is 0 Å². The van der Waals surface area contributed by atoms with E-state index in [0.29, 0.717) is 29.7 Å². The maximum atomic E-state index is 9.10. The summed E-state index contributed by atoms with van der Waals surface area (Å²) < 4.78 is 16.4. The Labute approximate surface area is 202 Å². The van der Waals surface area contributed by atoms with Crippen LogP contribution in [0.4, 0.5) is 11.5 Å². The minimum atomic E-state index is 0.208. The van der Waals surface area contributed by atoms with Gasteiger partial charge < -0.3 is 19.3 Å². The van der Waals surface area contributed by atoms with Crippen LogP contribution in [-0.4, -0.2) is 34.8 Å². The van der Waals surface area contributed by atoms with Crippen molar-refractivity contribution in [3.63, 3.8) is 0 Å². The number of nitrogens with one attached hydrogen (secondary N) is 2. The second-order valence-electron chi connectivity index (χ2n) is 8.46. The molecule has 1 aliphatic rings. The monoisotopic (exact) mass is 472 g/mol. The predicted molar refractivity (Wildman–Crippen MR) is 135 cm³/mol. The number of hydrogen-bond acceptors (Lipinski definition) is 8. The molecule has 4 aromatic rings.